The summed E-state index contributed by atoms with van der Waals surface area (Å²) in [5, 5.41) is 10.2. The molecule has 112 valence electrons. The summed E-state index contributed by atoms with van der Waals surface area (Å²) < 4.78 is 30.7. The summed E-state index contributed by atoms with van der Waals surface area (Å²) in [5.74, 6) is 0.0274. The van der Waals surface area contributed by atoms with Crippen LogP contribution in [0.15, 0.2) is 30.5 Å². The van der Waals surface area contributed by atoms with Crippen LogP contribution >= 0.6 is 12.2 Å². The highest BCUT2D eigenvalue weighted by Gasteiger charge is 2.11. The van der Waals surface area contributed by atoms with Crippen molar-refractivity contribution in [3.05, 3.63) is 36.2 Å². The number of hydrogen-bond acceptors (Lipinski definition) is 3. The van der Waals surface area contributed by atoms with Gasteiger partial charge in [0.1, 0.15) is 5.75 Å². The quantitative estimate of drug-likeness (QED) is 0.850. The molecule has 0 amide bonds. The number of anilines is 2. The SMILES string of the molecule is Cc1nn(C)cc1NC(=S)Nc1ccccc1OC(F)F. The number of nitrogens with zero attached hydrogens (tertiary/aromatic N) is 2. The second-order valence-electron chi connectivity index (χ2n) is 4.26. The Morgan fingerprint density at radius 3 is 2.57 bits per heavy atom. The van der Waals surface area contributed by atoms with Crippen LogP contribution < -0.4 is 15.4 Å². The van der Waals surface area contributed by atoms with Gasteiger partial charge in [0, 0.05) is 13.2 Å². The van der Waals surface area contributed by atoms with Gasteiger partial charge in [0.15, 0.2) is 5.11 Å². The fourth-order valence-electron chi connectivity index (χ4n) is 1.77. The zero-order chi connectivity index (χ0) is 15.4. The van der Waals surface area contributed by atoms with Gasteiger partial charge in [0.25, 0.3) is 0 Å². The Labute approximate surface area is 125 Å². The minimum atomic E-state index is -2.89. The van der Waals surface area contributed by atoms with E-state index in [9.17, 15) is 8.78 Å². The summed E-state index contributed by atoms with van der Waals surface area (Å²) >= 11 is 5.16. The molecule has 0 saturated heterocycles. The number of rotatable bonds is 4. The molecule has 0 atom stereocenters. The minimum absolute atomic E-state index is 0.0274. The van der Waals surface area contributed by atoms with E-state index in [1.54, 1.807) is 36.1 Å². The van der Waals surface area contributed by atoms with Gasteiger partial charge >= 0.3 is 6.61 Å². The molecule has 0 radical (unpaired) electrons. The summed E-state index contributed by atoms with van der Waals surface area (Å²) in [6.07, 6.45) is 1.77. The van der Waals surface area contributed by atoms with E-state index in [0.717, 1.165) is 11.4 Å². The molecule has 0 aliphatic heterocycles. The first-order valence-electron chi connectivity index (χ1n) is 6.08. The smallest absolute Gasteiger partial charge is 0.387 e. The van der Waals surface area contributed by atoms with Gasteiger partial charge in [-0.15, -0.1) is 0 Å². The van der Waals surface area contributed by atoms with Gasteiger partial charge in [-0.1, -0.05) is 12.1 Å². The molecule has 0 aliphatic carbocycles. The summed E-state index contributed by atoms with van der Waals surface area (Å²) in [5.41, 5.74) is 1.87. The third kappa shape index (κ3) is 4.12. The second kappa shape index (κ2) is 6.49. The molecule has 1 aromatic carbocycles. The van der Waals surface area contributed by atoms with E-state index in [1.165, 1.54) is 6.07 Å². The number of halogens is 2. The largest absolute Gasteiger partial charge is 0.433 e. The lowest BCUT2D eigenvalue weighted by molar-refractivity contribution is -0.0493. The van der Waals surface area contributed by atoms with E-state index in [4.69, 9.17) is 12.2 Å². The topological polar surface area (TPSA) is 51.1 Å². The Morgan fingerprint density at radius 2 is 1.95 bits per heavy atom. The molecule has 2 aromatic rings. The van der Waals surface area contributed by atoms with Crippen molar-refractivity contribution < 1.29 is 13.5 Å². The molecule has 0 fully saturated rings. The Hall–Kier alpha value is -2.22. The van der Waals surface area contributed by atoms with Crippen LogP contribution in [0.4, 0.5) is 20.2 Å². The Morgan fingerprint density at radius 1 is 1.29 bits per heavy atom. The van der Waals surface area contributed by atoms with Crippen molar-refractivity contribution in [1.82, 2.24) is 9.78 Å². The fraction of sp³-hybridized carbons (Fsp3) is 0.231. The third-order valence-electron chi connectivity index (χ3n) is 2.61. The zero-order valence-electron chi connectivity index (χ0n) is 11.4. The van der Waals surface area contributed by atoms with Gasteiger partial charge in [-0.2, -0.15) is 13.9 Å². The second-order valence-corrected chi connectivity index (χ2v) is 4.66. The van der Waals surface area contributed by atoms with Crippen LogP contribution in [0, 0.1) is 6.92 Å². The van der Waals surface area contributed by atoms with Crippen molar-refractivity contribution in [3.8, 4) is 5.75 Å². The number of aryl methyl sites for hydroxylation is 2. The average Bonchev–Trinajstić information content (AvgIpc) is 2.69. The van der Waals surface area contributed by atoms with Crippen LogP contribution in [0.1, 0.15) is 5.69 Å². The van der Waals surface area contributed by atoms with Crippen LogP contribution in [0.5, 0.6) is 5.75 Å². The molecule has 8 heteroatoms. The first-order valence-corrected chi connectivity index (χ1v) is 6.48. The molecule has 1 heterocycles. The van der Waals surface area contributed by atoms with Gasteiger partial charge in [-0.05, 0) is 31.3 Å². The van der Waals surface area contributed by atoms with E-state index in [0.29, 0.717) is 5.69 Å². The number of para-hydroxylation sites is 2. The highest BCUT2D eigenvalue weighted by molar-refractivity contribution is 7.80. The minimum Gasteiger partial charge on any atom is -0.433 e. The highest BCUT2D eigenvalue weighted by atomic mass is 32.1. The Bertz CT molecular complexity index is 645. The van der Waals surface area contributed by atoms with Crippen LogP contribution in [-0.4, -0.2) is 21.5 Å². The van der Waals surface area contributed by atoms with Crippen molar-refractivity contribution in [2.45, 2.75) is 13.5 Å². The van der Waals surface area contributed by atoms with Crippen LogP contribution in [0.3, 0.4) is 0 Å². The Kier molecular flexibility index (Phi) is 4.69. The fourth-order valence-corrected chi connectivity index (χ4v) is 1.99. The zero-order valence-corrected chi connectivity index (χ0v) is 12.2. The molecule has 21 heavy (non-hydrogen) atoms. The maximum Gasteiger partial charge on any atom is 0.387 e. The lowest BCUT2D eigenvalue weighted by Gasteiger charge is -2.13. The first kappa shape index (κ1) is 15.2. The van der Waals surface area contributed by atoms with Gasteiger partial charge in [0.05, 0.1) is 17.1 Å². The number of hydrogen-bond donors (Lipinski definition) is 2. The lowest BCUT2D eigenvalue weighted by atomic mass is 10.3. The Balaban J connectivity index is 2.07. The summed E-state index contributed by atoms with van der Waals surface area (Å²) in [7, 11) is 1.79. The molecule has 1 aromatic heterocycles. The van der Waals surface area contributed by atoms with Crippen molar-refractivity contribution >= 4 is 28.7 Å². The molecule has 0 bridgehead atoms. The monoisotopic (exact) mass is 312 g/mol. The predicted octanol–water partition coefficient (Wildman–Crippen LogP) is 3.14. The van der Waals surface area contributed by atoms with Crippen LogP contribution in [-0.2, 0) is 7.05 Å². The summed E-state index contributed by atoms with van der Waals surface area (Å²) in [6.45, 7) is -1.06. The average molecular weight is 312 g/mol. The number of ether oxygens (including phenoxy) is 1. The molecule has 0 spiro atoms. The van der Waals surface area contributed by atoms with Crippen molar-refractivity contribution in [2.24, 2.45) is 7.05 Å². The van der Waals surface area contributed by atoms with Gasteiger partial charge < -0.3 is 15.4 Å². The standard InChI is InChI=1S/C13H14F2N4OS/c1-8-10(7-19(2)18-8)17-13(21)16-9-5-3-4-6-11(9)20-12(14)15/h3-7,12H,1-2H3,(H2,16,17,21). The molecule has 2 N–H and O–H groups in total. The van der Waals surface area contributed by atoms with Crippen LogP contribution in [0.2, 0.25) is 0 Å². The number of benzene rings is 1. The third-order valence-corrected chi connectivity index (χ3v) is 2.82. The normalized spacial score (nSPS) is 10.5. The van der Waals surface area contributed by atoms with E-state index < -0.39 is 6.61 Å². The molecular formula is C13H14F2N4OS. The van der Waals surface area contributed by atoms with Crippen molar-refractivity contribution in [3.63, 3.8) is 0 Å². The van der Waals surface area contributed by atoms with Crippen molar-refractivity contribution in [1.29, 1.82) is 0 Å². The maximum absolute atomic E-state index is 12.3. The molecule has 0 saturated carbocycles. The lowest BCUT2D eigenvalue weighted by Crippen LogP contribution is -2.20. The van der Waals surface area contributed by atoms with E-state index in [-0.39, 0.29) is 10.9 Å². The summed E-state index contributed by atoms with van der Waals surface area (Å²) in [6, 6.07) is 6.33. The van der Waals surface area contributed by atoms with E-state index >= 15 is 0 Å². The number of thiocarbonyl (C=S) groups is 1. The molecule has 0 unspecified atom stereocenters. The summed E-state index contributed by atoms with van der Waals surface area (Å²) in [4.78, 5) is 0. The highest BCUT2D eigenvalue weighted by Crippen LogP contribution is 2.25. The maximum atomic E-state index is 12.3. The van der Waals surface area contributed by atoms with E-state index in [2.05, 4.69) is 20.5 Å². The van der Waals surface area contributed by atoms with E-state index in [1.807, 2.05) is 6.92 Å². The van der Waals surface area contributed by atoms with Crippen LogP contribution in [0.25, 0.3) is 0 Å². The molecule has 5 nitrogen and oxygen atoms in total. The number of aromatic nitrogens is 2. The van der Waals surface area contributed by atoms with Gasteiger partial charge in [0.2, 0.25) is 0 Å². The van der Waals surface area contributed by atoms with Gasteiger partial charge in [-0.3, -0.25) is 4.68 Å². The number of nitrogens with one attached hydrogen (secondary N) is 2. The molecule has 2 rings (SSSR count). The van der Waals surface area contributed by atoms with Crippen molar-refractivity contribution in [2.75, 3.05) is 10.6 Å². The molecule has 0 aliphatic rings. The van der Waals surface area contributed by atoms with Gasteiger partial charge in [-0.25, -0.2) is 0 Å². The molecular weight excluding hydrogens is 298 g/mol. The predicted molar refractivity (Wildman–Crippen MR) is 80.9 cm³/mol. The first-order chi connectivity index (χ1) is 9.95. The number of alkyl halides is 2.